The van der Waals surface area contributed by atoms with E-state index in [2.05, 4.69) is 0 Å². The van der Waals surface area contributed by atoms with E-state index in [0.29, 0.717) is 10.8 Å². The van der Waals surface area contributed by atoms with Crippen LogP contribution in [0.2, 0.25) is 0 Å². The second-order valence-corrected chi connectivity index (χ2v) is 5.26. The fourth-order valence-electron chi connectivity index (χ4n) is 1.63. The van der Waals surface area contributed by atoms with Crippen LogP contribution in [0, 0.1) is 0 Å². The summed E-state index contributed by atoms with van der Waals surface area (Å²) in [6.07, 6.45) is 0. The molecule has 0 aliphatic carbocycles. The minimum absolute atomic E-state index is 0.0218. The van der Waals surface area contributed by atoms with Crippen LogP contribution in [0.3, 0.4) is 0 Å². The summed E-state index contributed by atoms with van der Waals surface area (Å²) in [5.41, 5.74) is 0.0218. The van der Waals surface area contributed by atoms with Crippen molar-refractivity contribution < 1.29 is 23.4 Å². The number of carboxylic acids is 1. The molecule has 0 unspecified atom stereocenters. The average molecular weight is 267 g/mol. The Morgan fingerprint density at radius 2 is 1.78 bits per heavy atom. The van der Waals surface area contributed by atoms with Gasteiger partial charge in [0.05, 0.1) is 5.56 Å². The molecule has 0 aliphatic rings. The van der Waals surface area contributed by atoms with Crippen LogP contribution >= 0.6 is 0 Å². The van der Waals surface area contributed by atoms with Gasteiger partial charge < -0.3 is 10.2 Å². The summed E-state index contributed by atoms with van der Waals surface area (Å²) in [5.74, 6) is -1.59. The highest BCUT2D eigenvalue weighted by atomic mass is 32.2. The number of carboxylic acid groups (broad SMARTS) is 1. The van der Waals surface area contributed by atoms with Crippen LogP contribution in [0.25, 0.3) is 10.8 Å². The van der Waals surface area contributed by atoms with E-state index < -0.39 is 26.6 Å². The molecule has 0 spiro atoms. The highest BCUT2D eigenvalue weighted by Gasteiger charge is 2.15. The predicted molar refractivity (Wildman–Crippen MR) is 63.9 cm³/mol. The smallest absolute Gasteiger partial charge is 0.335 e. The van der Waals surface area contributed by atoms with Gasteiger partial charge in [-0.2, -0.15) is 0 Å². The van der Waals surface area contributed by atoms with Crippen molar-refractivity contribution in [3.05, 3.63) is 35.9 Å². The number of carbonyl (C=O) groups is 1. The zero-order chi connectivity index (χ0) is 13.5. The molecule has 94 valence electrons. The lowest BCUT2D eigenvalue weighted by Gasteiger charge is -2.05. The quantitative estimate of drug-likeness (QED) is 0.746. The van der Waals surface area contributed by atoms with Crippen molar-refractivity contribution in [2.24, 2.45) is 5.14 Å². The summed E-state index contributed by atoms with van der Waals surface area (Å²) in [6, 6.07) is 6.52. The monoisotopic (exact) mass is 267 g/mol. The van der Waals surface area contributed by atoms with Crippen LogP contribution in [0.4, 0.5) is 0 Å². The van der Waals surface area contributed by atoms with Crippen molar-refractivity contribution in [3.63, 3.8) is 0 Å². The fourth-order valence-corrected chi connectivity index (χ4v) is 2.27. The zero-order valence-electron chi connectivity index (χ0n) is 8.99. The summed E-state index contributed by atoms with van der Waals surface area (Å²) in [6.45, 7) is 0. The molecule has 0 saturated heterocycles. The van der Waals surface area contributed by atoms with Gasteiger partial charge in [-0.3, -0.25) is 0 Å². The molecule has 0 heterocycles. The van der Waals surface area contributed by atoms with Crippen LogP contribution in [-0.2, 0) is 10.0 Å². The lowest BCUT2D eigenvalue weighted by atomic mass is 10.1. The van der Waals surface area contributed by atoms with Crippen molar-refractivity contribution in [3.8, 4) is 5.75 Å². The van der Waals surface area contributed by atoms with Gasteiger partial charge in [0.15, 0.2) is 0 Å². The third-order valence-corrected chi connectivity index (χ3v) is 3.41. The summed E-state index contributed by atoms with van der Waals surface area (Å²) >= 11 is 0. The maximum Gasteiger partial charge on any atom is 0.335 e. The first-order valence-electron chi connectivity index (χ1n) is 4.82. The fraction of sp³-hybridized carbons (Fsp3) is 0. The van der Waals surface area contributed by atoms with E-state index in [1.807, 2.05) is 0 Å². The molecule has 0 amide bonds. The standard InChI is InChI=1S/C11H9NO5S/c12-18(16,17)10-5-8-3-7(11(14)15)2-1-6(8)4-9(10)13/h1-5,13H,(H,14,15)(H2,12,16,17). The first-order valence-corrected chi connectivity index (χ1v) is 6.36. The number of phenolic OH excluding ortho intramolecular Hbond substituents is 1. The molecule has 7 heteroatoms. The maximum absolute atomic E-state index is 11.2. The van der Waals surface area contributed by atoms with Gasteiger partial charge in [-0.15, -0.1) is 0 Å². The van der Waals surface area contributed by atoms with Crippen molar-refractivity contribution >= 4 is 26.8 Å². The maximum atomic E-state index is 11.2. The number of phenols is 1. The molecule has 0 radical (unpaired) electrons. The van der Waals surface area contributed by atoms with Crippen LogP contribution in [0.5, 0.6) is 5.75 Å². The molecule has 0 aromatic heterocycles. The van der Waals surface area contributed by atoms with E-state index in [-0.39, 0.29) is 5.56 Å². The Hall–Kier alpha value is -2.12. The number of fused-ring (bicyclic) bond motifs is 1. The van der Waals surface area contributed by atoms with Crippen LogP contribution in [0.1, 0.15) is 10.4 Å². The van der Waals surface area contributed by atoms with E-state index in [1.54, 1.807) is 0 Å². The van der Waals surface area contributed by atoms with Crippen LogP contribution in [-0.4, -0.2) is 24.6 Å². The van der Waals surface area contributed by atoms with Crippen LogP contribution < -0.4 is 5.14 Å². The number of primary sulfonamides is 1. The Morgan fingerprint density at radius 1 is 1.11 bits per heavy atom. The molecule has 2 rings (SSSR count). The van der Waals surface area contributed by atoms with Gasteiger partial charge in [0, 0.05) is 0 Å². The summed E-state index contributed by atoms with van der Waals surface area (Å²) in [7, 11) is -4.06. The molecular formula is C11H9NO5S. The number of aromatic carboxylic acids is 1. The molecule has 0 saturated carbocycles. The van der Waals surface area contributed by atoms with E-state index >= 15 is 0 Å². The molecule has 0 atom stereocenters. The highest BCUT2D eigenvalue weighted by Crippen LogP contribution is 2.28. The van der Waals surface area contributed by atoms with Gasteiger partial charge in [0.1, 0.15) is 10.6 Å². The van der Waals surface area contributed by atoms with Gasteiger partial charge in [0.25, 0.3) is 0 Å². The molecule has 0 bridgehead atoms. The van der Waals surface area contributed by atoms with Crippen molar-refractivity contribution in [2.75, 3.05) is 0 Å². The number of benzene rings is 2. The number of hydrogen-bond acceptors (Lipinski definition) is 4. The van der Waals surface area contributed by atoms with Gasteiger partial charge in [-0.05, 0) is 35.0 Å². The average Bonchev–Trinajstić information content (AvgIpc) is 2.25. The van der Waals surface area contributed by atoms with Crippen molar-refractivity contribution in [1.82, 2.24) is 0 Å². The molecule has 0 aliphatic heterocycles. The largest absolute Gasteiger partial charge is 0.507 e. The predicted octanol–water partition coefficient (Wildman–Crippen LogP) is 0.891. The molecule has 2 aromatic rings. The first kappa shape index (κ1) is 12.3. The van der Waals surface area contributed by atoms with Gasteiger partial charge in [-0.25, -0.2) is 18.4 Å². The normalized spacial score (nSPS) is 11.6. The number of hydrogen-bond donors (Lipinski definition) is 3. The van der Waals surface area contributed by atoms with Gasteiger partial charge in [0.2, 0.25) is 10.0 Å². The first-order chi connectivity index (χ1) is 8.29. The Morgan fingerprint density at radius 3 is 2.33 bits per heavy atom. The number of aromatic hydroxyl groups is 1. The lowest BCUT2D eigenvalue weighted by molar-refractivity contribution is 0.0697. The molecule has 0 fully saturated rings. The molecule has 18 heavy (non-hydrogen) atoms. The summed E-state index contributed by atoms with van der Waals surface area (Å²) < 4.78 is 22.4. The highest BCUT2D eigenvalue weighted by molar-refractivity contribution is 7.89. The topological polar surface area (TPSA) is 118 Å². The Balaban J connectivity index is 2.79. The summed E-state index contributed by atoms with van der Waals surface area (Å²) in [5, 5.41) is 24.2. The SMILES string of the molecule is NS(=O)(=O)c1cc2cc(C(=O)O)ccc2cc1O. The second-order valence-electron chi connectivity index (χ2n) is 3.73. The third kappa shape index (κ3) is 2.13. The Labute approximate surface area is 102 Å². The lowest BCUT2D eigenvalue weighted by Crippen LogP contribution is -2.12. The summed E-state index contributed by atoms with van der Waals surface area (Å²) in [4.78, 5) is 10.4. The second kappa shape index (κ2) is 3.97. The van der Waals surface area contributed by atoms with E-state index in [1.165, 1.54) is 24.3 Å². The van der Waals surface area contributed by atoms with Gasteiger partial charge in [-0.1, -0.05) is 6.07 Å². The van der Waals surface area contributed by atoms with Crippen LogP contribution in [0.15, 0.2) is 35.2 Å². The molecule has 2 aromatic carbocycles. The number of sulfonamides is 1. The minimum atomic E-state index is -4.06. The van der Waals surface area contributed by atoms with Crippen molar-refractivity contribution in [2.45, 2.75) is 4.90 Å². The molecule has 4 N–H and O–H groups in total. The Kier molecular flexibility index (Phi) is 2.72. The Bertz CT molecular complexity index is 751. The van der Waals surface area contributed by atoms with E-state index in [0.717, 1.165) is 6.07 Å². The zero-order valence-corrected chi connectivity index (χ0v) is 9.81. The molecule has 6 nitrogen and oxygen atoms in total. The molecular weight excluding hydrogens is 258 g/mol. The number of nitrogens with two attached hydrogens (primary N) is 1. The van der Waals surface area contributed by atoms with Gasteiger partial charge >= 0.3 is 5.97 Å². The van der Waals surface area contributed by atoms with E-state index in [4.69, 9.17) is 10.2 Å². The van der Waals surface area contributed by atoms with Crippen molar-refractivity contribution in [1.29, 1.82) is 0 Å². The van der Waals surface area contributed by atoms with E-state index in [9.17, 15) is 18.3 Å². The third-order valence-electron chi connectivity index (χ3n) is 2.47. The number of rotatable bonds is 2. The minimum Gasteiger partial charge on any atom is -0.507 e.